The Hall–Kier alpha value is -5.66. The van der Waals surface area contributed by atoms with Crippen molar-refractivity contribution in [2.24, 2.45) is 0 Å². The fraction of sp³-hybridized carbons (Fsp3) is 0.0233. The predicted octanol–water partition coefficient (Wildman–Crippen LogP) is 11.7. The molecule has 7 aromatic rings. The molecule has 44 heavy (non-hydrogen) atoms. The van der Waals surface area contributed by atoms with Crippen molar-refractivity contribution in [1.29, 1.82) is 0 Å². The Kier molecular flexibility index (Phi) is 6.62. The summed E-state index contributed by atoms with van der Waals surface area (Å²) in [7, 11) is 0. The van der Waals surface area contributed by atoms with Crippen LogP contribution in [0.25, 0.3) is 33.4 Å². The van der Waals surface area contributed by atoms with Crippen LogP contribution < -0.4 is 4.90 Å². The molecule has 1 heteroatoms. The summed E-state index contributed by atoms with van der Waals surface area (Å²) in [6.45, 7) is 0. The van der Waals surface area contributed by atoms with E-state index in [0.29, 0.717) is 0 Å². The van der Waals surface area contributed by atoms with Crippen LogP contribution >= 0.6 is 0 Å². The maximum absolute atomic E-state index is 2.37. The van der Waals surface area contributed by atoms with Gasteiger partial charge in [0.25, 0.3) is 0 Å². The number of nitrogens with zero attached hydrogens (tertiary/aromatic N) is 1. The summed E-state index contributed by atoms with van der Waals surface area (Å²) >= 11 is 0. The van der Waals surface area contributed by atoms with Crippen molar-refractivity contribution in [2.75, 3.05) is 4.90 Å². The molecule has 0 saturated heterocycles. The third kappa shape index (κ3) is 4.69. The molecular weight excluding hydrogens is 530 g/mol. The molecule has 0 bridgehead atoms. The molecule has 7 aromatic carbocycles. The first-order chi connectivity index (χ1) is 21.8. The first-order valence-corrected chi connectivity index (χ1v) is 15.2. The van der Waals surface area contributed by atoms with E-state index >= 15 is 0 Å². The van der Waals surface area contributed by atoms with Crippen LogP contribution in [0.3, 0.4) is 0 Å². The molecule has 0 N–H and O–H groups in total. The molecule has 0 saturated carbocycles. The van der Waals surface area contributed by atoms with Crippen LogP contribution in [0.2, 0.25) is 0 Å². The highest BCUT2D eigenvalue weighted by Gasteiger charge is 2.29. The molecule has 0 amide bonds. The van der Waals surface area contributed by atoms with Crippen LogP contribution in [-0.2, 0) is 0 Å². The summed E-state index contributed by atoms with van der Waals surface area (Å²) in [6.07, 6.45) is 0. The number of anilines is 3. The maximum atomic E-state index is 2.37. The van der Waals surface area contributed by atoms with Crippen LogP contribution in [-0.4, -0.2) is 0 Å². The van der Waals surface area contributed by atoms with Gasteiger partial charge in [-0.25, -0.2) is 0 Å². The topological polar surface area (TPSA) is 3.24 Å². The predicted molar refractivity (Wildman–Crippen MR) is 185 cm³/mol. The number of hydrogen-bond donors (Lipinski definition) is 0. The molecule has 0 radical (unpaired) electrons. The average molecular weight is 562 g/mol. The summed E-state index contributed by atoms with van der Waals surface area (Å²) in [5, 5.41) is 0. The first-order valence-electron chi connectivity index (χ1n) is 15.2. The van der Waals surface area contributed by atoms with Crippen LogP contribution in [0.4, 0.5) is 17.1 Å². The highest BCUT2D eigenvalue weighted by molar-refractivity contribution is 5.83. The number of fused-ring (bicyclic) bond motifs is 3. The highest BCUT2D eigenvalue weighted by Crippen LogP contribution is 2.48. The van der Waals surface area contributed by atoms with Crippen LogP contribution in [0.15, 0.2) is 182 Å². The lowest BCUT2D eigenvalue weighted by Crippen LogP contribution is -2.11. The molecule has 0 heterocycles. The fourth-order valence-corrected chi connectivity index (χ4v) is 6.67. The van der Waals surface area contributed by atoms with Gasteiger partial charge >= 0.3 is 0 Å². The molecule has 0 unspecified atom stereocenters. The van der Waals surface area contributed by atoms with Crippen LogP contribution in [0, 0.1) is 0 Å². The Labute approximate surface area is 259 Å². The second-order valence-electron chi connectivity index (χ2n) is 11.4. The van der Waals surface area contributed by atoms with E-state index in [1.165, 1.54) is 50.1 Å². The number of rotatable bonds is 6. The average Bonchev–Trinajstić information content (AvgIpc) is 3.44. The van der Waals surface area contributed by atoms with Gasteiger partial charge in [-0.05, 0) is 86.5 Å². The monoisotopic (exact) mass is 561 g/mol. The second kappa shape index (κ2) is 11.2. The third-order valence-corrected chi connectivity index (χ3v) is 8.76. The van der Waals surface area contributed by atoms with E-state index in [2.05, 4.69) is 187 Å². The zero-order valence-corrected chi connectivity index (χ0v) is 24.3. The van der Waals surface area contributed by atoms with Gasteiger partial charge in [-0.1, -0.05) is 146 Å². The van der Waals surface area contributed by atoms with Gasteiger partial charge < -0.3 is 4.90 Å². The minimum Gasteiger partial charge on any atom is -0.310 e. The Morgan fingerprint density at radius 3 is 1.25 bits per heavy atom. The van der Waals surface area contributed by atoms with Gasteiger partial charge in [-0.2, -0.15) is 0 Å². The quantitative estimate of drug-likeness (QED) is 0.195. The second-order valence-corrected chi connectivity index (χ2v) is 11.4. The Morgan fingerprint density at radius 1 is 0.318 bits per heavy atom. The van der Waals surface area contributed by atoms with Gasteiger partial charge in [-0.15, -0.1) is 0 Å². The Morgan fingerprint density at radius 2 is 0.750 bits per heavy atom. The van der Waals surface area contributed by atoms with Crippen molar-refractivity contribution in [3.63, 3.8) is 0 Å². The van der Waals surface area contributed by atoms with Crippen molar-refractivity contribution >= 4 is 17.1 Å². The van der Waals surface area contributed by atoms with Crippen LogP contribution in [0.1, 0.15) is 22.6 Å². The van der Waals surface area contributed by atoms with Gasteiger partial charge in [0.2, 0.25) is 0 Å². The molecule has 0 fully saturated rings. The van der Waals surface area contributed by atoms with Crippen molar-refractivity contribution < 1.29 is 0 Å². The standard InChI is InChI=1S/C43H31N/c1-3-12-31(13-4-1)33-22-26-36(27-23-33)44(37-28-24-34(25-29-37)32-14-5-2-6-15-32)38-17-11-16-35(30-38)43-41-20-9-7-18-39(41)40-19-8-10-21-42(40)43/h1-30,43H. The highest BCUT2D eigenvalue weighted by atomic mass is 15.1. The van der Waals surface area contributed by atoms with Gasteiger partial charge in [0.1, 0.15) is 0 Å². The normalized spacial score (nSPS) is 12.0. The largest absolute Gasteiger partial charge is 0.310 e. The molecular formula is C43H31N. The summed E-state index contributed by atoms with van der Waals surface area (Å²) in [4.78, 5) is 2.37. The molecule has 8 rings (SSSR count). The molecule has 1 aliphatic rings. The molecule has 1 nitrogen and oxygen atoms in total. The lowest BCUT2D eigenvalue weighted by Gasteiger charge is -2.27. The van der Waals surface area contributed by atoms with E-state index in [1.807, 2.05) is 0 Å². The van der Waals surface area contributed by atoms with E-state index in [9.17, 15) is 0 Å². The fourth-order valence-electron chi connectivity index (χ4n) is 6.67. The van der Waals surface area contributed by atoms with E-state index in [-0.39, 0.29) is 5.92 Å². The minimum absolute atomic E-state index is 0.199. The zero-order valence-electron chi connectivity index (χ0n) is 24.3. The molecule has 208 valence electrons. The van der Waals surface area contributed by atoms with Crippen molar-refractivity contribution in [2.45, 2.75) is 5.92 Å². The van der Waals surface area contributed by atoms with Crippen molar-refractivity contribution in [3.8, 4) is 33.4 Å². The minimum atomic E-state index is 0.199. The smallest absolute Gasteiger partial charge is 0.0464 e. The summed E-state index contributed by atoms with van der Waals surface area (Å²) < 4.78 is 0. The zero-order chi connectivity index (χ0) is 29.3. The van der Waals surface area contributed by atoms with E-state index < -0.39 is 0 Å². The first kappa shape index (κ1) is 26.0. The summed E-state index contributed by atoms with van der Waals surface area (Å²) in [5.74, 6) is 0.199. The van der Waals surface area contributed by atoms with Gasteiger partial charge in [-0.3, -0.25) is 0 Å². The molecule has 0 aliphatic heterocycles. The van der Waals surface area contributed by atoms with E-state index in [0.717, 1.165) is 17.1 Å². The van der Waals surface area contributed by atoms with Crippen LogP contribution in [0.5, 0.6) is 0 Å². The SMILES string of the molecule is c1ccc(-c2ccc(N(c3ccc(-c4ccccc4)cc3)c3cccc(C4c5ccccc5-c5ccccc54)c3)cc2)cc1. The Balaban J connectivity index is 1.24. The number of benzene rings is 7. The van der Waals surface area contributed by atoms with Gasteiger partial charge in [0, 0.05) is 23.0 Å². The molecule has 0 atom stereocenters. The maximum Gasteiger partial charge on any atom is 0.0464 e. The molecule has 0 aromatic heterocycles. The lowest BCUT2D eigenvalue weighted by molar-refractivity contribution is 1.01. The third-order valence-electron chi connectivity index (χ3n) is 8.76. The van der Waals surface area contributed by atoms with Gasteiger partial charge in [0.05, 0.1) is 0 Å². The molecule has 1 aliphatic carbocycles. The molecule has 0 spiro atoms. The van der Waals surface area contributed by atoms with E-state index in [4.69, 9.17) is 0 Å². The van der Waals surface area contributed by atoms with E-state index in [1.54, 1.807) is 0 Å². The summed E-state index contributed by atoms with van der Waals surface area (Å²) in [5.41, 5.74) is 15.0. The lowest BCUT2D eigenvalue weighted by atomic mass is 9.89. The van der Waals surface area contributed by atoms with Gasteiger partial charge in [0.15, 0.2) is 0 Å². The Bertz CT molecular complexity index is 1910. The van der Waals surface area contributed by atoms with Crippen molar-refractivity contribution in [3.05, 3.63) is 199 Å². The summed E-state index contributed by atoms with van der Waals surface area (Å²) in [6, 6.07) is 65.8. The van der Waals surface area contributed by atoms with Crippen molar-refractivity contribution in [1.82, 2.24) is 0 Å². The number of hydrogen-bond acceptors (Lipinski definition) is 1.